The molecule has 1 saturated heterocycles. The van der Waals surface area contributed by atoms with Gasteiger partial charge in [0, 0.05) is 30.4 Å². The van der Waals surface area contributed by atoms with Crippen LogP contribution in [-0.4, -0.2) is 49.5 Å². The molecule has 0 aromatic heterocycles. The number of hydrogen-bond donors (Lipinski definition) is 1. The Labute approximate surface area is 137 Å². The third kappa shape index (κ3) is 4.03. The number of benzene rings is 1. The number of ether oxygens (including phenoxy) is 1. The van der Waals surface area contributed by atoms with E-state index < -0.39 is 15.1 Å². The first-order chi connectivity index (χ1) is 10.9. The van der Waals surface area contributed by atoms with Crippen molar-refractivity contribution in [3.05, 3.63) is 29.8 Å². The van der Waals surface area contributed by atoms with Gasteiger partial charge in [0.25, 0.3) is 0 Å². The minimum atomic E-state index is -3.11. The lowest BCUT2D eigenvalue weighted by molar-refractivity contribution is 0.134. The summed E-state index contributed by atoms with van der Waals surface area (Å²) in [6, 6.07) is 6.83. The molecule has 1 aliphatic heterocycles. The number of sulfone groups is 1. The van der Waals surface area contributed by atoms with E-state index in [2.05, 4.69) is 5.32 Å². The fourth-order valence-corrected chi connectivity index (χ4v) is 4.19. The first-order valence-electron chi connectivity index (χ1n) is 7.81. The summed E-state index contributed by atoms with van der Waals surface area (Å²) < 4.78 is 29.2. The van der Waals surface area contributed by atoms with Crippen molar-refractivity contribution in [3.8, 4) is 0 Å². The number of rotatable bonds is 4. The molecule has 1 aliphatic rings. The molecule has 2 rings (SSSR count). The molecular weight excluding hydrogens is 316 g/mol. The molecule has 2 amide bonds. The Bertz CT molecular complexity index is 660. The van der Waals surface area contributed by atoms with Gasteiger partial charge >= 0.3 is 6.03 Å². The number of nitrogens with zero attached hydrogens (tertiary/aromatic N) is 1. The molecule has 0 spiro atoms. The van der Waals surface area contributed by atoms with Gasteiger partial charge in [-0.2, -0.15) is 0 Å². The fraction of sp³-hybridized carbons (Fsp3) is 0.562. The molecule has 6 nitrogen and oxygen atoms in total. The van der Waals surface area contributed by atoms with Crippen LogP contribution in [0.15, 0.2) is 24.3 Å². The molecule has 0 aliphatic carbocycles. The molecule has 0 unspecified atom stereocenters. The quantitative estimate of drug-likeness (QED) is 0.912. The van der Waals surface area contributed by atoms with Crippen LogP contribution in [0, 0.1) is 0 Å². The van der Waals surface area contributed by atoms with Gasteiger partial charge in [-0.1, -0.05) is 18.2 Å². The summed E-state index contributed by atoms with van der Waals surface area (Å²) in [7, 11) is -3.11. The first-order valence-corrected chi connectivity index (χ1v) is 9.53. The predicted octanol–water partition coefficient (Wildman–Crippen LogP) is 2.26. The number of carbonyl (C=O) groups excluding carboxylic acids is 1. The molecule has 1 aromatic carbocycles. The molecule has 0 saturated carbocycles. The maximum absolute atomic E-state index is 12.5. The Morgan fingerprint density at radius 2 is 2.04 bits per heavy atom. The van der Waals surface area contributed by atoms with Gasteiger partial charge in [-0.15, -0.1) is 0 Å². The molecule has 23 heavy (non-hydrogen) atoms. The van der Waals surface area contributed by atoms with Gasteiger partial charge in [-0.3, -0.25) is 0 Å². The molecule has 1 fully saturated rings. The van der Waals surface area contributed by atoms with Gasteiger partial charge in [0.2, 0.25) is 0 Å². The maximum Gasteiger partial charge on any atom is 0.322 e. The van der Waals surface area contributed by atoms with Crippen molar-refractivity contribution in [2.75, 3.05) is 24.2 Å². The fourth-order valence-electron chi connectivity index (χ4n) is 2.62. The lowest BCUT2D eigenvalue weighted by Gasteiger charge is -2.37. The Kier molecular flexibility index (Phi) is 5.64. The average Bonchev–Trinajstić information content (AvgIpc) is 2.52. The third-order valence-corrected chi connectivity index (χ3v) is 6.61. The minimum absolute atomic E-state index is 0.00647. The van der Waals surface area contributed by atoms with Crippen LogP contribution in [0.25, 0.3) is 0 Å². The molecule has 128 valence electrons. The number of para-hydroxylation sites is 1. The van der Waals surface area contributed by atoms with Gasteiger partial charge in [0.05, 0.1) is 17.6 Å². The molecule has 2 atom stereocenters. The highest BCUT2D eigenvalue weighted by molar-refractivity contribution is 7.92. The molecular formula is C16H24N2O4S. The summed E-state index contributed by atoms with van der Waals surface area (Å²) >= 11 is 0. The van der Waals surface area contributed by atoms with E-state index in [9.17, 15) is 13.2 Å². The lowest BCUT2D eigenvalue weighted by atomic mass is 10.2. The maximum atomic E-state index is 12.5. The van der Waals surface area contributed by atoms with Crippen molar-refractivity contribution in [1.82, 2.24) is 4.90 Å². The molecule has 1 N–H and O–H groups in total. The van der Waals surface area contributed by atoms with E-state index in [0.717, 1.165) is 5.56 Å². The summed E-state index contributed by atoms with van der Waals surface area (Å²) in [5.74, 6) is 0.00647. The standard InChI is InChI=1S/C16H24N2O4S/c1-4-22-11-14-7-5-6-8-15(14)17-16(19)18-9-10-23(20,21)13(3)12(18)2/h5-8,12-13H,4,9-11H2,1-3H3,(H,17,19)/t12-,13-/m1/s1. The minimum Gasteiger partial charge on any atom is -0.377 e. The van der Waals surface area contributed by atoms with Crippen molar-refractivity contribution in [1.29, 1.82) is 0 Å². The highest BCUT2D eigenvalue weighted by atomic mass is 32.2. The van der Waals surface area contributed by atoms with Crippen molar-refractivity contribution in [2.45, 2.75) is 38.7 Å². The zero-order valence-electron chi connectivity index (χ0n) is 13.8. The predicted molar refractivity (Wildman–Crippen MR) is 90.2 cm³/mol. The molecule has 0 radical (unpaired) electrons. The molecule has 1 aromatic rings. The Morgan fingerprint density at radius 3 is 2.74 bits per heavy atom. The molecule has 7 heteroatoms. The average molecular weight is 340 g/mol. The molecule has 0 bridgehead atoms. The number of amides is 2. The lowest BCUT2D eigenvalue weighted by Crippen LogP contribution is -2.55. The normalized spacial score (nSPS) is 23.5. The Morgan fingerprint density at radius 1 is 1.35 bits per heavy atom. The van der Waals surface area contributed by atoms with Gasteiger partial charge in [-0.25, -0.2) is 13.2 Å². The Hall–Kier alpha value is -1.60. The van der Waals surface area contributed by atoms with E-state index in [1.807, 2.05) is 31.2 Å². The first kappa shape index (κ1) is 17.7. The van der Waals surface area contributed by atoms with Gasteiger partial charge in [-0.05, 0) is 26.8 Å². The van der Waals surface area contributed by atoms with Crippen LogP contribution in [0.3, 0.4) is 0 Å². The molecule has 1 heterocycles. The second-order valence-electron chi connectivity index (χ2n) is 5.73. The summed E-state index contributed by atoms with van der Waals surface area (Å²) in [5, 5.41) is 2.32. The third-order valence-electron chi connectivity index (χ3n) is 4.34. The van der Waals surface area contributed by atoms with Crippen molar-refractivity contribution < 1.29 is 17.9 Å². The van der Waals surface area contributed by atoms with Crippen molar-refractivity contribution >= 4 is 21.6 Å². The van der Waals surface area contributed by atoms with Crippen LogP contribution in [0.5, 0.6) is 0 Å². The van der Waals surface area contributed by atoms with Crippen LogP contribution < -0.4 is 5.32 Å². The SMILES string of the molecule is CCOCc1ccccc1NC(=O)N1CCS(=O)(=O)[C@H](C)[C@H]1C. The zero-order valence-corrected chi connectivity index (χ0v) is 14.6. The highest BCUT2D eigenvalue weighted by Gasteiger charge is 2.38. The van der Waals surface area contributed by atoms with Gasteiger partial charge in [0.15, 0.2) is 9.84 Å². The highest BCUT2D eigenvalue weighted by Crippen LogP contribution is 2.22. The van der Waals surface area contributed by atoms with Crippen molar-refractivity contribution in [2.24, 2.45) is 0 Å². The van der Waals surface area contributed by atoms with E-state index in [0.29, 0.717) is 18.9 Å². The van der Waals surface area contributed by atoms with E-state index >= 15 is 0 Å². The number of nitrogens with one attached hydrogen (secondary N) is 1. The van der Waals surface area contributed by atoms with Crippen LogP contribution >= 0.6 is 0 Å². The van der Waals surface area contributed by atoms with E-state index in [4.69, 9.17) is 4.74 Å². The second-order valence-corrected chi connectivity index (χ2v) is 8.21. The van der Waals surface area contributed by atoms with Crippen molar-refractivity contribution in [3.63, 3.8) is 0 Å². The summed E-state index contributed by atoms with van der Waals surface area (Å²) in [4.78, 5) is 14.1. The number of hydrogen-bond acceptors (Lipinski definition) is 4. The summed E-state index contributed by atoms with van der Waals surface area (Å²) in [6.45, 7) is 6.58. The zero-order chi connectivity index (χ0) is 17.0. The van der Waals surface area contributed by atoms with Gasteiger partial charge < -0.3 is 15.0 Å². The summed E-state index contributed by atoms with van der Waals surface area (Å²) in [6.07, 6.45) is 0. The van der Waals surface area contributed by atoms with Gasteiger partial charge in [0.1, 0.15) is 0 Å². The van der Waals surface area contributed by atoms with Crippen LogP contribution in [0.4, 0.5) is 10.5 Å². The number of carbonyl (C=O) groups is 1. The monoisotopic (exact) mass is 340 g/mol. The van der Waals surface area contributed by atoms with Crippen LogP contribution in [0.1, 0.15) is 26.3 Å². The van der Waals surface area contributed by atoms with E-state index in [1.54, 1.807) is 18.7 Å². The summed E-state index contributed by atoms with van der Waals surface area (Å²) in [5.41, 5.74) is 1.59. The Balaban J connectivity index is 2.11. The number of anilines is 1. The van der Waals surface area contributed by atoms with Crippen LogP contribution in [-0.2, 0) is 21.2 Å². The number of urea groups is 1. The topological polar surface area (TPSA) is 75.7 Å². The van der Waals surface area contributed by atoms with E-state index in [-0.39, 0.29) is 24.4 Å². The smallest absolute Gasteiger partial charge is 0.322 e. The largest absolute Gasteiger partial charge is 0.377 e. The second kappa shape index (κ2) is 7.31. The van der Waals surface area contributed by atoms with Crippen LogP contribution in [0.2, 0.25) is 0 Å². The van der Waals surface area contributed by atoms with E-state index in [1.165, 1.54) is 0 Å².